The molecule has 1 aromatic carbocycles. The van der Waals surface area contributed by atoms with E-state index in [4.69, 9.17) is 10.6 Å². The number of hydrogen-bond donors (Lipinski definition) is 2. The molecule has 4 nitrogen and oxygen atoms in total. The van der Waals surface area contributed by atoms with Gasteiger partial charge in [0, 0.05) is 16.7 Å². The Labute approximate surface area is 108 Å². The number of hydrazine groups is 1. The number of rotatable bonds is 4. The minimum atomic E-state index is 0.507. The second-order valence-electron chi connectivity index (χ2n) is 3.44. The maximum Gasteiger partial charge on any atom is 0.143 e. The van der Waals surface area contributed by atoms with Crippen molar-refractivity contribution in [1.82, 2.24) is 4.98 Å². The Hall–Kier alpha value is -1.59. The fourth-order valence-electron chi connectivity index (χ4n) is 1.37. The summed E-state index contributed by atoms with van der Waals surface area (Å²) < 4.78 is 6.67. The van der Waals surface area contributed by atoms with E-state index >= 15 is 0 Å². The molecule has 0 aliphatic heterocycles. The number of nitrogen functional groups attached to an aromatic ring is 1. The summed E-state index contributed by atoms with van der Waals surface area (Å²) >= 11 is 3.42. The average Bonchev–Trinajstić information content (AvgIpc) is 2.37. The first kappa shape index (κ1) is 11.9. The third-order valence-corrected chi connectivity index (χ3v) is 2.67. The number of nitrogens with two attached hydrogens (primary N) is 1. The van der Waals surface area contributed by atoms with Gasteiger partial charge in [-0.15, -0.1) is 0 Å². The zero-order valence-corrected chi connectivity index (χ0v) is 10.6. The summed E-state index contributed by atoms with van der Waals surface area (Å²) in [5.74, 6) is 6.58. The van der Waals surface area contributed by atoms with E-state index in [9.17, 15) is 0 Å². The van der Waals surface area contributed by atoms with Gasteiger partial charge in [-0.25, -0.2) is 10.8 Å². The van der Waals surface area contributed by atoms with Crippen molar-refractivity contribution in [2.24, 2.45) is 5.84 Å². The van der Waals surface area contributed by atoms with Gasteiger partial charge >= 0.3 is 0 Å². The average molecular weight is 294 g/mol. The second-order valence-corrected chi connectivity index (χ2v) is 4.36. The van der Waals surface area contributed by atoms with Gasteiger partial charge in [0.25, 0.3) is 0 Å². The van der Waals surface area contributed by atoms with Crippen LogP contribution in [0.4, 0.5) is 5.82 Å². The van der Waals surface area contributed by atoms with Gasteiger partial charge < -0.3 is 10.2 Å². The third kappa shape index (κ3) is 3.44. The molecular formula is C12H12BrN3O. The molecule has 0 spiro atoms. The van der Waals surface area contributed by atoms with Gasteiger partial charge in [-0.2, -0.15) is 0 Å². The number of benzene rings is 1. The smallest absolute Gasteiger partial charge is 0.143 e. The molecule has 0 radical (unpaired) electrons. The predicted molar refractivity (Wildman–Crippen MR) is 70.5 cm³/mol. The summed E-state index contributed by atoms with van der Waals surface area (Å²) in [6.45, 7) is 0.507. The number of pyridine rings is 1. The molecule has 17 heavy (non-hydrogen) atoms. The van der Waals surface area contributed by atoms with Crippen molar-refractivity contribution in [3.63, 3.8) is 0 Å². The summed E-state index contributed by atoms with van der Waals surface area (Å²) in [4.78, 5) is 4.00. The van der Waals surface area contributed by atoms with E-state index in [0.717, 1.165) is 15.8 Å². The number of anilines is 1. The van der Waals surface area contributed by atoms with Crippen LogP contribution in [-0.2, 0) is 6.61 Å². The summed E-state index contributed by atoms with van der Waals surface area (Å²) in [6, 6.07) is 11.5. The number of hydrogen-bond acceptors (Lipinski definition) is 4. The molecule has 0 bridgehead atoms. The lowest BCUT2D eigenvalue weighted by Crippen LogP contribution is -2.08. The molecule has 5 heteroatoms. The van der Waals surface area contributed by atoms with E-state index in [1.807, 2.05) is 24.3 Å². The Balaban J connectivity index is 2.02. The first-order chi connectivity index (χ1) is 8.28. The van der Waals surface area contributed by atoms with Gasteiger partial charge in [0.1, 0.15) is 18.2 Å². The summed E-state index contributed by atoms with van der Waals surface area (Å²) in [7, 11) is 0. The van der Waals surface area contributed by atoms with E-state index in [1.54, 1.807) is 18.3 Å². The van der Waals surface area contributed by atoms with Crippen molar-refractivity contribution < 1.29 is 4.74 Å². The molecule has 0 fully saturated rings. The molecule has 88 valence electrons. The molecule has 0 aliphatic rings. The highest BCUT2D eigenvalue weighted by atomic mass is 79.9. The van der Waals surface area contributed by atoms with Crippen LogP contribution in [0, 0.1) is 0 Å². The van der Waals surface area contributed by atoms with Gasteiger partial charge in [0.2, 0.25) is 0 Å². The maximum atomic E-state index is 5.63. The van der Waals surface area contributed by atoms with E-state index in [1.165, 1.54) is 0 Å². The SMILES string of the molecule is NNc1cc(OCc2cccc(Br)c2)ccn1. The monoisotopic (exact) mass is 293 g/mol. The van der Waals surface area contributed by atoms with Crippen LogP contribution < -0.4 is 16.0 Å². The van der Waals surface area contributed by atoms with Crippen LogP contribution in [0.25, 0.3) is 0 Å². The minimum Gasteiger partial charge on any atom is -0.489 e. The van der Waals surface area contributed by atoms with Crippen LogP contribution >= 0.6 is 15.9 Å². The molecule has 1 heterocycles. The Kier molecular flexibility index (Phi) is 3.95. The van der Waals surface area contributed by atoms with Crippen LogP contribution in [0.1, 0.15) is 5.56 Å². The van der Waals surface area contributed by atoms with E-state index in [-0.39, 0.29) is 0 Å². The van der Waals surface area contributed by atoms with Gasteiger partial charge in [-0.05, 0) is 23.8 Å². The van der Waals surface area contributed by atoms with Crippen molar-refractivity contribution in [3.05, 3.63) is 52.6 Å². The molecule has 0 aliphatic carbocycles. The number of nitrogens with zero attached hydrogens (tertiary/aromatic N) is 1. The van der Waals surface area contributed by atoms with Crippen molar-refractivity contribution in [2.75, 3.05) is 5.43 Å². The number of nitrogens with one attached hydrogen (secondary N) is 1. The molecule has 0 saturated heterocycles. The number of aromatic nitrogens is 1. The lowest BCUT2D eigenvalue weighted by molar-refractivity contribution is 0.306. The zero-order valence-electron chi connectivity index (χ0n) is 9.06. The Morgan fingerprint density at radius 2 is 2.18 bits per heavy atom. The van der Waals surface area contributed by atoms with E-state index in [0.29, 0.717) is 12.4 Å². The summed E-state index contributed by atoms with van der Waals surface area (Å²) in [6.07, 6.45) is 1.64. The molecule has 0 amide bonds. The second kappa shape index (κ2) is 5.65. The third-order valence-electron chi connectivity index (χ3n) is 2.17. The van der Waals surface area contributed by atoms with Gasteiger partial charge in [-0.3, -0.25) is 0 Å². The van der Waals surface area contributed by atoms with Crippen LogP contribution in [-0.4, -0.2) is 4.98 Å². The van der Waals surface area contributed by atoms with E-state index < -0.39 is 0 Å². The van der Waals surface area contributed by atoms with Crippen molar-refractivity contribution >= 4 is 21.7 Å². The largest absolute Gasteiger partial charge is 0.489 e. The number of ether oxygens (including phenoxy) is 1. The molecule has 3 N–H and O–H groups in total. The van der Waals surface area contributed by atoms with Crippen molar-refractivity contribution in [3.8, 4) is 5.75 Å². The highest BCUT2D eigenvalue weighted by Gasteiger charge is 1.98. The van der Waals surface area contributed by atoms with Crippen LogP contribution in [0.15, 0.2) is 47.1 Å². The summed E-state index contributed by atoms with van der Waals surface area (Å²) in [5.41, 5.74) is 3.57. The maximum absolute atomic E-state index is 5.63. The standard InChI is InChI=1S/C12H12BrN3O/c13-10-3-1-2-9(6-10)8-17-11-4-5-15-12(7-11)16-14/h1-7H,8,14H2,(H,15,16). The van der Waals surface area contributed by atoms with Crippen molar-refractivity contribution in [1.29, 1.82) is 0 Å². The molecule has 2 aromatic rings. The zero-order chi connectivity index (χ0) is 12.1. The molecule has 2 rings (SSSR count). The van der Waals surface area contributed by atoms with Crippen LogP contribution in [0.5, 0.6) is 5.75 Å². The van der Waals surface area contributed by atoms with E-state index in [2.05, 4.69) is 26.3 Å². The number of halogens is 1. The minimum absolute atomic E-state index is 0.507. The fourth-order valence-corrected chi connectivity index (χ4v) is 1.82. The first-order valence-corrected chi connectivity index (χ1v) is 5.87. The normalized spacial score (nSPS) is 10.0. The van der Waals surface area contributed by atoms with Gasteiger partial charge in [0.05, 0.1) is 0 Å². The predicted octanol–water partition coefficient (Wildman–Crippen LogP) is 2.71. The highest BCUT2D eigenvalue weighted by Crippen LogP contribution is 2.17. The lowest BCUT2D eigenvalue weighted by Gasteiger charge is -2.07. The Bertz CT molecular complexity index is 505. The van der Waals surface area contributed by atoms with Crippen LogP contribution in [0.2, 0.25) is 0 Å². The highest BCUT2D eigenvalue weighted by molar-refractivity contribution is 9.10. The van der Waals surface area contributed by atoms with Gasteiger partial charge in [0.15, 0.2) is 0 Å². The van der Waals surface area contributed by atoms with Crippen molar-refractivity contribution in [2.45, 2.75) is 6.61 Å². The summed E-state index contributed by atoms with van der Waals surface area (Å²) in [5, 5.41) is 0. The fraction of sp³-hybridized carbons (Fsp3) is 0.0833. The molecule has 0 saturated carbocycles. The first-order valence-electron chi connectivity index (χ1n) is 5.08. The van der Waals surface area contributed by atoms with Gasteiger partial charge in [-0.1, -0.05) is 28.1 Å². The molecule has 0 atom stereocenters. The Morgan fingerprint density at radius 1 is 1.29 bits per heavy atom. The molecule has 1 aromatic heterocycles. The quantitative estimate of drug-likeness (QED) is 0.672. The van der Waals surface area contributed by atoms with Crippen LogP contribution in [0.3, 0.4) is 0 Å². The molecular weight excluding hydrogens is 282 g/mol. The lowest BCUT2D eigenvalue weighted by atomic mass is 10.2. The topological polar surface area (TPSA) is 60.2 Å². The Morgan fingerprint density at radius 3 is 2.94 bits per heavy atom. The molecule has 0 unspecified atom stereocenters.